The Hall–Kier alpha value is -2.46. The van der Waals surface area contributed by atoms with Crippen molar-refractivity contribution in [1.82, 2.24) is 4.98 Å². The topological polar surface area (TPSA) is 54.1 Å². The third kappa shape index (κ3) is 3.48. The lowest BCUT2D eigenvalue weighted by molar-refractivity contribution is 0.102. The van der Waals surface area contributed by atoms with E-state index in [0.717, 1.165) is 16.7 Å². The van der Waals surface area contributed by atoms with Crippen LogP contribution in [0.1, 0.15) is 24.2 Å². The Kier molecular flexibility index (Phi) is 4.26. The molecule has 0 aliphatic carbocycles. The molecule has 0 unspecified atom stereocenters. The summed E-state index contributed by atoms with van der Waals surface area (Å²) < 4.78 is 5.58. The van der Waals surface area contributed by atoms with Crippen molar-refractivity contribution in [3.05, 3.63) is 59.2 Å². The number of H-pyrrole nitrogens is 1. The summed E-state index contributed by atoms with van der Waals surface area (Å²) in [6, 6.07) is 12.7. The standard InChI is InChI=1S/C18H17ClN2O2/c1-11(2)23-14-6-4-13(5-7-14)21-18(22)16-10-20-17-8-3-12(19)9-15(16)17/h3-11,20H,1-2H3,(H,21,22). The number of hydrogen-bond acceptors (Lipinski definition) is 2. The molecule has 23 heavy (non-hydrogen) atoms. The number of ether oxygens (including phenoxy) is 1. The lowest BCUT2D eigenvalue weighted by Gasteiger charge is -2.10. The molecule has 4 nitrogen and oxygen atoms in total. The van der Waals surface area contributed by atoms with Gasteiger partial charge in [0.25, 0.3) is 5.91 Å². The zero-order valence-corrected chi connectivity index (χ0v) is 13.6. The summed E-state index contributed by atoms with van der Waals surface area (Å²) in [6.45, 7) is 3.94. The Balaban J connectivity index is 1.79. The summed E-state index contributed by atoms with van der Waals surface area (Å²) >= 11 is 6.01. The Morgan fingerprint density at radius 2 is 1.91 bits per heavy atom. The molecule has 0 saturated heterocycles. The summed E-state index contributed by atoms with van der Waals surface area (Å²) in [5, 5.41) is 4.28. The Labute approximate surface area is 139 Å². The largest absolute Gasteiger partial charge is 0.491 e. The third-order valence-electron chi connectivity index (χ3n) is 3.37. The molecule has 0 spiro atoms. The molecule has 3 rings (SSSR count). The van der Waals surface area contributed by atoms with Crippen molar-refractivity contribution < 1.29 is 9.53 Å². The van der Waals surface area contributed by atoms with Crippen molar-refractivity contribution in [2.45, 2.75) is 20.0 Å². The maximum absolute atomic E-state index is 12.5. The van der Waals surface area contributed by atoms with Crippen molar-refractivity contribution in [3.8, 4) is 5.75 Å². The molecule has 2 aromatic carbocycles. The van der Waals surface area contributed by atoms with Crippen LogP contribution in [0.15, 0.2) is 48.7 Å². The van der Waals surface area contributed by atoms with Gasteiger partial charge in [0.1, 0.15) is 5.75 Å². The van der Waals surface area contributed by atoms with Crippen molar-refractivity contribution in [1.29, 1.82) is 0 Å². The minimum Gasteiger partial charge on any atom is -0.491 e. The van der Waals surface area contributed by atoms with E-state index in [2.05, 4.69) is 10.3 Å². The first-order chi connectivity index (χ1) is 11.0. The number of aromatic amines is 1. The average molecular weight is 329 g/mol. The average Bonchev–Trinajstić information content (AvgIpc) is 2.91. The smallest absolute Gasteiger partial charge is 0.257 e. The number of rotatable bonds is 4. The van der Waals surface area contributed by atoms with E-state index in [0.29, 0.717) is 16.3 Å². The van der Waals surface area contributed by atoms with Crippen LogP contribution in [0.2, 0.25) is 5.02 Å². The van der Waals surface area contributed by atoms with E-state index in [1.807, 2.05) is 44.2 Å². The molecule has 0 bridgehead atoms. The van der Waals surface area contributed by atoms with E-state index in [-0.39, 0.29) is 12.0 Å². The van der Waals surface area contributed by atoms with Gasteiger partial charge in [0.15, 0.2) is 0 Å². The van der Waals surface area contributed by atoms with E-state index in [1.54, 1.807) is 18.3 Å². The van der Waals surface area contributed by atoms with Crippen LogP contribution < -0.4 is 10.1 Å². The molecule has 118 valence electrons. The predicted octanol–water partition coefficient (Wildman–Crippen LogP) is 4.86. The Morgan fingerprint density at radius 3 is 2.61 bits per heavy atom. The molecule has 2 N–H and O–H groups in total. The van der Waals surface area contributed by atoms with Gasteiger partial charge in [0.05, 0.1) is 11.7 Å². The summed E-state index contributed by atoms with van der Waals surface area (Å²) in [4.78, 5) is 15.5. The van der Waals surface area contributed by atoms with E-state index in [1.165, 1.54) is 0 Å². The number of carbonyl (C=O) groups is 1. The van der Waals surface area contributed by atoms with Crippen molar-refractivity contribution >= 4 is 34.1 Å². The number of hydrogen-bond donors (Lipinski definition) is 2. The fourth-order valence-corrected chi connectivity index (χ4v) is 2.54. The molecule has 3 aromatic rings. The van der Waals surface area contributed by atoms with E-state index < -0.39 is 0 Å². The van der Waals surface area contributed by atoms with Gasteiger partial charge < -0.3 is 15.0 Å². The quantitative estimate of drug-likeness (QED) is 0.718. The lowest BCUT2D eigenvalue weighted by atomic mass is 10.1. The molecule has 0 atom stereocenters. The van der Waals surface area contributed by atoms with E-state index in [9.17, 15) is 4.79 Å². The molecule has 5 heteroatoms. The molecule has 1 heterocycles. The molecule has 0 aliphatic rings. The van der Waals surface area contributed by atoms with Crippen LogP contribution in [-0.2, 0) is 0 Å². The second-order valence-corrected chi connectivity index (χ2v) is 5.97. The summed E-state index contributed by atoms with van der Waals surface area (Å²) in [5.74, 6) is 0.591. The normalized spacial score (nSPS) is 11.0. The van der Waals surface area contributed by atoms with Gasteiger partial charge >= 0.3 is 0 Å². The molecule has 0 radical (unpaired) electrons. The molecule has 0 aliphatic heterocycles. The second-order valence-electron chi connectivity index (χ2n) is 5.54. The van der Waals surface area contributed by atoms with Crippen LogP contribution in [0.5, 0.6) is 5.75 Å². The zero-order valence-electron chi connectivity index (χ0n) is 12.9. The molecular formula is C18H17ClN2O2. The fourth-order valence-electron chi connectivity index (χ4n) is 2.37. The highest BCUT2D eigenvalue weighted by Gasteiger charge is 2.12. The fraction of sp³-hybridized carbons (Fsp3) is 0.167. The molecule has 0 saturated carbocycles. The van der Waals surface area contributed by atoms with Crippen molar-refractivity contribution in [2.24, 2.45) is 0 Å². The highest BCUT2D eigenvalue weighted by atomic mass is 35.5. The highest BCUT2D eigenvalue weighted by molar-refractivity contribution is 6.31. The van der Waals surface area contributed by atoms with Crippen LogP contribution in [0, 0.1) is 0 Å². The third-order valence-corrected chi connectivity index (χ3v) is 3.61. The number of carbonyl (C=O) groups excluding carboxylic acids is 1. The summed E-state index contributed by atoms with van der Waals surface area (Å²) in [7, 11) is 0. The second kappa shape index (κ2) is 6.34. The van der Waals surface area contributed by atoms with Crippen LogP contribution in [0.3, 0.4) is 0 Å². The van der Waals surface area contributed by atoms with Crippen LogP contribution >= 0.6 is 11.6 Å². The first-order valence-corrected chi connectivity index (χ1v) is 7.75. The number of anilines is 1. The van der Waals surface area contributed by atoms with Gasteiger partial charge in [-0.15, -0.1) is 0 Å². The predicted molar refractivity (Wildman–Crippen MR) is 93.5 cm³/mol. The molecule has 1 amide bonds. The number of nitrogens with one attached hydrogen (secondary N) is 2. The minimum absolute atomic E-state index is 0.117. The molecule has 1 aromatic heterocycles. The monoisotopic (exact) mass is 328 g/mol. The number of aromatic nitrogens is 1. The zero-order chi connectivity index (χ0) is 16.4. The van der Waals surface area contributed by atoms with Crippen molar-refractivity contribution in [3.63, 3.8) is 0 Å². The van der Waals surface area contributed by atoms with Crippen molar-refractivity contribution in [2.75, 3.05) is 5.32 Å². The van der Waals surface area contributed by atoms with Gasteiger partial charge in [-0.05, 0) is 56.3 Å². The van der Waals surface area contributed by atoms with Gasteiger partial charge in [0.2, 0.25) is 0 Å². The van der Waals surface area contributed by atoms with Gasteiger partial charge in [0, 0.05) is 27.8 Å². The van der Waals surface area contributed by atoms with Gasteiger partial charge in [-0.3, -0.25) is 4.79 Å². The summed E-state index contributed by atoms with van der Waals surface area (Å²) in [6.07, 6.45) is 1.80. The van der Waals surface area contributed by atoms with Gasteiger partial charge in [-0.25, -0.2) is 0 Å². The minimum atomic E-state index is -0.184. The molecular weight excluding hydrogens is 312 g/mol. The first kappa shape index (κ1) is 15.4. The highest BCUT2D eigenvalue weighted by Crippen LogP contribution is 2.24. The molecule has 0 fully saturated rings. The first-order valence-electron chi connectivity index (χ1n) is 7.37. The van der Waals surface area contributed by atoms with Gasteiger partial charge in [-0.1, -0.05) is 11.6 Å². The number of benzene rings is 2. The number of halogens is 1. The maximum atomic E-state index is 12.5. The van der Waals surface area contributed by atoms with Crippen LogP contribution in [-0.4, -0.2) is 17.0 Å². The summed E-state index contributed by atoms with van der Waals surface area (Å²) in [5.41, 5.74) is 2.15. The van der Waals surface area contributed by atoms with Crippen LogP contribution in [0.25, 0.3) is 10.9 Å². The van der Waals surface area contributed by atoms with Crippen LogP contribution in [0.4, 0.5) is 5.69 Å². The van der Waals surface area contributed by atoms with Gasteiger partial charge in [-0.2, -0.15) is 0 Å². The lowest BCUT2D eigenvalue weighted by Crippen LogP contribution is -2.11. The van der Waals surface area contributed by atoms with E-state index in [4.69, 9.17) is 16.3 Å². The Bertz CT molecular complexity index is 838. The number of amides is 1. The van der Waals surface area contributed by atoms with E-state index >= 15 is 0 Å². The SMILES string of the molecule is CC(C)Oc1ccc(NC(=O)c2c[nH]c3ccc(Cl)cc23)cc1. The maximum Gasteiger partial charge on any atom is 0.257 e. The number of fused-ring (bicyclic) bond motifs is 1. The Morgan fingerprint density at radius 1 is 1.17 bits per heavy atom.